The van der Waals surface area contributed by atoms with Crippen LogP contribution in [0.15, 0.2) is 0 Å². The normalized spacial score (nSPS) is 7.71. The maximum absolute atomic E-state index is 5.33. The molecule has 38 valence electrons. The molecule has 0 nitrogen and oxygen atoms in total. The average Bonchev–Trinajstić information content (AvgIpc) is 1.61. The van der Waals surface area contributed by atoms with Crippen LogP contribution in [0.5, 0.6) is 0 Å². The molecule has 0 aromatic carbocycles. The fourth-order valence-electron chi connectivity index (χ4n) is 0.197. The molecule has 0 radical (unpaired) electrons. The van der Waals surface area contributed by atoms with E-state index in [0.717, 1.165) is 24.5 Å². The number of halogens is 1. The Balaban J connectivity index is 0. The molecule has 0 amide bonds. The van der Waals surface area contributed by atoms with E-state index in [0.29, 0.717) is 0 Å². The molecular weight excluding hydrogens is 123 g/mol. The predicted molar refractivity (Wildman–Crippen MR) is 32.2 cm³/mol. The first-order valence-corrected chi connectivity index (χ1v) is 3.17. The molecule has 0 aliphatic heterocycles. The summed E-state index contributed by atoms with van der Waals surface area (Å²) in [5, 5.41) is 0. The van der Waals surface area contributed by atoms with Crippen LogP contribution < -0.4 is 18.9 Å². The Labute approximate surface area is 67.6 Å². The summed E-state index contributed by atoms with van der Waals surface area (Å²) in [4.78, 5) is 0. The van der Waals surface area contributed by atoms with Crippen LogP contribution in [0.25, 0.3) is 0 Å². The second kappa shape index (κ2) is 10.3. The smallest absolute Gasteiger partial charge is 0.793 e. The van der Waals surface area contributed by atoms with Crippen LogP contribution in [0.4, 0.5) is 0 Å². The first-order valence-electron chi connectivity index (χ1n) is 2.06. The van der Waals surface area contributed by atoms with Gasteiger partial charge < -0.3 is 12.6 Å². The van der Waals surface area contributed by atoms with Crippen molar-refractivity contribution in [1.29, 1.82) is 0 Å². The molecular formula is C4H8ClLiS. The minimum atomic E-state index is 0. The number of rotatable bonds is 3. The van der Waals surface area contributed by atoms with Gasteiger partial charge in [0.05, 0.1) is 0 Å². The minimum Gasteiger partial charge on any atom is -0.793 e. The second-order valence-corrected chi connectivity index (χ2v) is 1.89. The third-order valence-electron chi connectivity index (χ3n) is 0.528. The predicted octanol–water partition coefficient (Wildman–Crippen LogP) is -1.44. The van der Waals surface area contributed by atoms with Crippen molar-refractivity contribution in [3.63, 3.8) is 0 Å². The molecule has 0 spiro atoms. The van der Waals surface area contributed by atoms with Crippen LogP contribution >= 0.6 is 11.6 Å². The van der Waals surface area contributed by atoms with E-state index >= 15 is 0 Å². The van der Waals surface area contributed by atoms with Crippen molar-refractivity contribution in [1.82, 2.24) is 0 Å². The van der Waals surface area contributed by atoms with Gasteiger partial charge in [-0.3, -0.25) is 0 Å². The number of unbranched alkanes of at least 4 members (excludes halogenated alkanes) is 1. The van der Waals surface area contributed by atoms with Crippen molar-refractivity contribution in [2.24, 2.45) is 0 Å². The van der Waals surface area contributed by atoms with E-state index in [1.54, 1.807) is 0 Å². The molecule has 0 saturated heterocycles. The Morgan fingerprint density at radius 3 is 2.00 bits per heavy atom. The molecule has 7 heavy (non-hydrogen) atoms. The Hall–Kier alpha value is 1.24. The SMILES string of the molecule is [Li+].[S-]CCCCCl. The van der Waals surface area contributed by atoms with Gasteiger partial charge in [0, 0.05) is 5.88 Å². The summed E-state index contributed by atoms with van der Waals surface area (Å²) in [6.45, 7) is 0. The van der Waals surface area contributed by atoms with Gasteiger partial charge in [-0.25, -0.2) is 0 Å². The summed E-state index contributed by atoms with van der Waals surface area (Å²) in [6.07, 6.45) is 2.17. The molecule has 0 atom stereocenters. The van der Waals surface area contributed by atoms with Gasteiger partial charge in [0.25, 0.3) is 0 Å². The second-order valence-electron chi connectivity index (χ2n) is 1.10. The Kier molecular flexibility index (Phi) is 16.3. The third kappa shape index (κ3) is 11.1. The summed E-state index contributed by atoms with van der Waals surface area (Å²) in [5.41, 5.74) is 0. The van der Waals surface area contributed by atoms with Crippen molar-refractivity contribution in [3.8, 4) is 0 Å². The molecule has 0 aliphatic carbocycles. The first-order chi connectivity index (χ1) is 2.91. The maximum Gasteiger partial charge on any atom is 1.00 e. The molecule has 0 bridgehead atoms. The zero-order valence-electron chi connectivity index (χ0n) is 4.61. The number of hydrogen-bond donors (Lipinski definition) is 0. The molecule has 0 saturated carbocycles. The monoisotopic (exact) mass is 130 g/mol. The van der Waals surface area contributed by atoms with Crippen LogP contribution in [-0.2, 0) is 12.6 Å². The van der Waals surface area contributed by atoms with Crippen molar-refractivity contribution >= 4 is 24.2 Å². The van der Waals surface area contributed by atoms with E-state index in [9.17, 15) is 0 Å². The van der Waals surface area contributed by atoms with Crippen LogP contribution in [0, 0.1) is 0 Å². The summed E-state index contributed by atoms with van der Waals surface area (Å²) in [5.74, 6) is 1.61. The Bertz CT molecular complexity index is 23.7. The largest absolute Gasteiger partial charge is 1.00 e. The van der Waals surface area contributed by atoms with Crippen molar-refractivity contribution in [2.75, 3.05) is 11.6 Å². The van der Waals surface area contributed by atoms with E-state index in [2.05, 4.69) is 12.6 Å². The Morgan fingerprint density at radius 1 is 1.29 bits per heavy atom. The molecule has 3 heteroatoms. The van der Waals surface area contributed by atoms with Gasteiger partial charge in [0.1, 0.15) is 0 Å². The summed E-state index contributed by atoms with van der Waals surface area (Å²) >= 11 is 9.99. The van der Waals surface area contributed by atoms with Crippen LogP contribution in [0.2, 0.25) is 0 Å². The van der Waals surface area contributed by atoms with E-state index in [-0.39, 0.29) is 18.9 Å². The van der Waals surface area contributed by atoms with Gasteiger partial charge in [-0.15, -0.1) is 11.6 Å². The third-order valence-corrected chi connectivity index (χ3v) is 1.08. The molecule has 0 aromatic rings. The van der Waals surface area contributed by atoms with Gasteiger partial charge in [0.15, 0.2) is 0 Å². The van der Waals surface area contributed by atoms with Gasteiger partial charge >= 0.3 is 18.9 Å². The zero-order chi connectivity index (χ0) is 4.83. The van der Waals surface area contributed by atoms with Crippen molar-refractivity contribution in [3.05, 3.63) is 0 Å². The molecule has 0 unspecified atom stereocenters. The fraction of sp³-hybridized carbons (Fsp3) is 1.00. The zero-order valence-corrected chi connectivity index (χ0v) is 6.19. The van der Waals surface area contributed by atoms with Gasteiger partial charge in [-0.05, 0) is 6.42 Å². The van der Waals surface area contributed by atoms with Crippen LogP contribution in [0.1, 0.15) is 12.8 Å². The summed E-state index contributed by atoms with van der Waals surface area (Å²) < 4.78 is 0. The van der Waals surface area contributed by atoms with Crippen LogP contribution in [0.3, 0.4) is 0 Å². The molecule has 0 aliphatic rings. The van der Waals surface area contributed by atoms with Gasteiger partial charge in [0.2, 0.25) is 0 Å². The number of hydrogen-bond acceptors (Lipinski definition) is 1. The molecule has 0 N–H and O–H groups in total. The average molecular weight is 131 g/mol. The van der Waals surface area contributed by atoms with E-state index in [1.165, 1.54) is 0 Å². The van der Waals surface area contributed by atoms with E-state index < -0.39 is 0 Å². The number of alkyl halides is 1. The summed E-state index contributed by atoms with van der Waals surface area (Å²) in [6, 6.07) is 0. The Morgan fingerprint density at radius 2 is 1.86 bits per heavy atom. The topological polar surface area (TPSA) is 0 Å². The summed E-state index contributed by atoms with van der Waals surface area (Å²) in [7, 11) is 0. The minimum absolute atomic E-state index is 0. The van der Waals surface area contributed by atoms with Crippen LogP contribution in [-0.4, -0.2) is 11.6 Å². The van der Waals surface area contributed by atoms with Crippen molar-refractivity contribution < 1.29 is 18.9 Å². The van der Waals surface area contributed by atoms with E-state index in [1.807, 2.05) is 0 Å². The molecule has 0 fully saturated rings. The first kappa shape index (κ1) is 11.1. The maximum atomic E-state index is 5.33. The van der Waals surface area contributed by atoms with Crippen molar-refractivity contribution in [2.45, 2.75) is 12.8 Å². The van der Waals surface area contributed by atoms with Gasteiger partial charge in [-0.2, -0.15) is 5.75 Å². The van der Waals surface area contributed by atoms with Gasteiger partial charge in [-0.1, -0.05) is 6.42 Å². The quantitative estimate of drug-likeness (QED) is 0.195. The fourth-order valence-corrected chi connectivity index (χ4v) is 0.590. The van der Waals surface area contributed by atoms with E-state index in [4.69, 9.17) is 11.6 Å². The standard InChI is InChI=1S/C4H9ClS.Li/c5-3-1-2-4-6;/h6H,1-4H2;/q;+1/p-1. The molecule has 0 aromatic heterocycles. The molecule has 0 rings (SSSR count). The molecule has 0 heterocycles.